The van der Waals surface area contributed by atoms with Crippen molar-refractivity contribution in [2.24, 2.45) is 17.8 Å². The van der Waals surface area contributed by atoms with Gasteiger partial charge in [-0.3, -0.25) is 14.4 Å². The van der Waals surface area contributed by atoms with Crippen LogP contribution in [0.3, 0.4) is 0 Å². The van der Waals surface area contributed by atoms with Gasteiger partial charge >= 0.3 is 0 Å². The van der Waals surface area contributed by atoms with Crippen molar-refractivity contribution < 1.29 is 24.2 Å². The lowest BCUT2D eigenvalue weighted by Crippen LogP contribution is -2.61. The molecule has 0 radical (unpaired) electrons. The summed E-state index contributed by atoms with van der Waals surface area (Å²) < 4.78 is 6.49. The fourth-order valence-corrected chi connectivity index (χ4v) is 6.93. The highest BCUT2D eigenvalue weighted by Crippen LogP contribution is 2.60. The van der Waals surface area contributed by atoms with Gasteiger partial charge in [-0.2, -0.15) is 0 Å². The smallest absolute Gasteiger partial charge is 0.246 e. The first-order valence-corrected chi connectivity index (χ1v) is 13.2. The number of aliphatic hydroxyl groups is 1. The van der Waals surface area contributed by atoms with E-state index in [0.29, 0.717) is 13.0 Å². The molecule has 3 aliphatic rings. The number of hydrogen-bond donors (Lipinski definition) is 3. The number of carbonyl (C=O) groups is 3. The molecule has 3 amide bonds. The van der Waals surface area contributed by atoms with Crippen molar-refractivity contribution in [2.75, 3.05) is 6.61 Å². The Hall–Kier alpha value is -1.97. The van der Waals surface area contributed by atoms with Crippen molar-refractivity contribution in [2.45, 2.75) is 81.7 Å². The van der Waals surface area contributed by atoms with Crippen LogP contribution in [0.4, 0.5) is 0 Å². The van der Waals surface area contributed by atoms with Gasteiger partial charge < -0.3 is 25.4 Å². The number of nitrogens with one attached hydrogen (secondary N) is 2. The Kier molecular flexibility index (Phi) is 7.07. The van der Waals surface area contributed by atoms with E-state index in [0.717, 1.165) is 5.56 Å². The van der Waals surface area contributed by atoms with Crippen molar-refractivity contribution >= 4 is 33.7 Å². The average Bonchev–Trinajstić information content (AvgIpc) is 3.36. The molecule has 0 saturated carbocycles. The predicted octanol–water partition coefficient (Wildman–Crippen LogP) is 1.98. The van der Waals surface area contributed by atoms with E-state index >= 15 is 0 Å². The molecule has 1 spiro atoms. The molecule has 35 heavy (non-hydrogen) atoms. The SMILES string of the molecule is CC(C)[C@H](CO)N1C(=O)[C@@H]2[C@@H](C(=O)NCc3ccccc3)[C@@H]3OC2(CC3Br)C1C(=O)NC(C)(C)C. The minimum atomic E-state index is -1.14. The number of halogens is 1. The van der Waals surface area contributed by atoms with Gasteiger partial charge in [-0.25, -0.2) is 0 Å². The maximum absolute atomic E-state index is 14.0. The van der Waals surface area contributed by atoms with Gasteiger partial charge in [-0.1, -0.05) is 60.1 Å². The lowest BCUT2D eigenvalue weighted by atomic mass is 9.70. The zero-order chi connectivity index (χ0) is 25.7. The van der Waals surface area contributed by atoms with Crippen molar-refractivity contribution in [1.82, 2.24) is 15.5 Å². The first-order valence-electron chi connectivity index (χ1n) is 12.3. The fraction of sp³-hybridized carbons (Fsp3) is 0.654. The summed E-state index contributed by atoms with van der Waals surface area (Å²) in [7, 11) is 0. The van der Waals surface area contributed by atoms with Gasteiger partial charge in [0.05, 0.1) is 30.6 Å². The quantitative estimate of drug-likeness (QED) is 0.451. The van der Waals surface area contributed by atoms with E-state index in [2.05, 4.69) is 26.6 Å². The number of amides is 3. The van der Waals surface area contributed by atoms with Gasteiger partial charge in [0.1, 0.15) is 11.6 Å². The molecule has 4 rings (SSSR count). The van der Waals surface area contributed by atoms with Crippen molar-refractivity contribution in [1.29, 1.82) is 0 Å². The predicted molar refractivity (Wildman–Crippen MR) is 134 cm³/mol. The second kappa shape index (κ2) is 9.48. The molecule has 3 heterocycles. The van der Waals surface area contributed by atoms with Crippen LogP contribution in [0.5, 0.6) is 0 Å². The number of alkyl halides is 1. The summed E-state index contributed by atoms with van der Waals surface area (Å²) in [5.41, 5.74) is -0.705. The van der Waals surface area contributed by atoms with E-state index in [4.69, 9.17) is 4.74 Å². The summed E-state index contributed by atoms with van der Waals surface area (Å²) in [6, 6.07) is 8.08. The summed E-state index contributed by atoms with van der Waals surface area (Å²) in [6.07, 6.45) is -0.0793. The van der Waals surface area contributed by atoms with Crippen molar-refractivity contribution in [3.8, 4) is 0 Å². The van der Waals surface area contributed by atoms with E-state index in [1.807, 2.05) is 65.0 Å². The minimum Gasteiger partial charge on any atom is -0.394 e. The molecule has 192 valence electrons. The number of rotatable bonds is 7. The standard InChI is InChI=1S/C26H36BrN3O5/c1-14(2)17(13-31)30-21(23(33)29-25(3,4)5)26-11-16(27)20(35-26)18(19(26)24(30)34)22(32)28-12-15-9-7-6-8-10-15/h6-10,14,16-21,31H,11-13H2,1-5H3,(H,28,32)(H,29,33)/t16?,17-,18+,19-,20+,21?,26?/m0/s1. The lowest BCUT2D eigenvalue weighted by molar-refractivity contribution is -0.147. The van der Waals surface area contributed by atoms with Crippen LogP contribution >= 0.6 is 15.9 Å². The molecule has 3 saturated heterocycles. The lowest BCUT2D eigenvalue weighted by Gasteiger charge is -2.39. The molecule has 7 atom stereocenters. The van der Waals surface area contributed by atoms with Gasteiger partial charge in [-0.15, -0.1) is 0 Å². The van der Waals surface area contributed by atoms with Crippen molar-refractivity contribution in [3.05, 3.63) is 35.9 Å². The van der Waals surface area contributed by atoms with Crippen molar-refractivity contribution in [3.63, 3.8) is 0 Å². The monoisotopic (exact) mass is 549 g/mol. The molecule has 0 aromatic heterocycles. The minimum absolute atomic E-state index is 0.0913. The third-order valence-electron chi connectivity index (χ3n) is 7.40. The number of hydrogen-bond acceptors (Lipinski definition) is 5. The summed E-state index contributed by atoms with van der Waals surface area (Å²) in [6.45, 7) is 9.53. The first kappa shape index (κ1) is 26.1. The van der Waals surface area contributed by atoms with Crippen LogP contribution < -0.4 is 10.6 Å². The summed E-state index contributed by atoms with van der Waals surface area (Å²) >= 11 is 3.68. The normalized spacial score (nSPS) is 32.6. The van der Waals surface area contributed by atoms with Gasteiger partial charge in [0.15, 0.2) is 0 Å². The second-order valence-electron chi connectivity index (χ2n) is 11.3. The molecule has 3 aliphatic heterocycles. The molecule has 1 aromatic carbocycles. The number of ether oxygens (including phenoxy) is 1. The van der Waals surface area contributed by atoms with Crippen LogP contribution in [0, 0.1) is 17.8 Å². The van der Waals surface area contributed by atoms with Gasteiger partial charge in [0, 0.05) is 16.9 Å². The van der Waals surface area contributed by atoms with Gasteiger partial charge in [0.25, 0.3) is 0 Å². The van der Waals surface area contributed by atoms with E-state index in [9.17, 15) is 19.5 Å². The number of carbonyl (C=O) groups excluding carboxylic acids is 3. The first-order chi connectivity index (χ1) is 16.4. The molecule has 3 fully saturated rings. The molecule has 0 aliphatic carbocycles. The van der Waals surface area contributed by atoms with E-state index < -0.39 is 41.2 Å². The Morgan fingerprint density at radius 3 is 2.46 bits per heavy atom. The Balaban J connectivity index is 1.70. The summed E-state index contributed by atoms with van der Waals surface area (Å²) in [5, 5.41) is 16.2. The number of likely N-dealkylation sites (tertiary alicyclic amines) is 1. The molecule has 1 aromatic rings. The van der Waals surface area contributed by atoms with E-state index in [-0.39, 0.29) is 35.1 Å². The largest absolute Gasteiger partial charge is 0.394 e. The Bertz CT molecular complexity index is 981. The Labute approximate surface area is 215 Å². The molecule has 2 bridgehead atoms. The van der Waals surface area contributed by atoms with E-state index in [1.165, 1.54) is 4.90 Å². The average molecular weight is 550 g/mol. The highest BCUT2D eigenvalue weighted by atomic mass is 79.9. The number of aliphatic hydroxyl groups excluding tert-OH is 1. The van der Waals surface area contributed by atoms with Gasteiger partial charge in [0.2, 0.25) is 17.7 Å². The third kappa shape index (κ3) is 4.51. The van der Waals surface area contributed by atoms with Crippen LogP contribution in [0.1, 0.15) is 46.6 Å². The molecule has 3 N–H and O–H groups in total. The zero-order valence-electron chi connectivity index (χ0n) is 21.0. The topological polar surface area (TPSA) is 108 Å². The van der Waals surface area contributed by atoms with Crippen LogP contribution in [0.25, 0.3) is 0 Å². The highest BCUT2D eigenvalue weighted by Gasteiger charge is 2.77. The molecular weight excluding hydrogens is 514 g/mol. The maximum atomic E-state index is 14.0. The Morgan fingerprint density at radius 1 is 1.23 bits per heavy atom. The fourth-order valence-electron chi connectivity index (χ4n) is 5.98. The number of nitrogens with zero attached hydrogens (tertiary/aromatic N) is 1. The van der Waals surface area contributed by atoms with Gasteiger partial charge in [-0.05, 0) is 38.7 Å². The summed E-state index contributed by atoms with van der Waals surface area (Å²) in [4.78, 5) is 42.5. The summed E-state index contributed by atoms with van der Waals surface area (Å²) in [5.74, 6) is -2.49. The van der Waals surface area contributed by atoms with Crippen LogP contribution in [-0.2, 0) is 25.7 Å². The van der Waals surface area contributed by atoms with E-state index in [1.54, 1.807) is 0 Å². The van der Waals surface area contributed by atoms with Crippen LogP contribution in [0.2, 0.25) is 0 Å². The zero-order valence-corrected chi connectivity index (χ0v) is 22.5. The number of benzene rings is 1. The molecule has 8 nitrogen and oxygen atoms in total. The number of fused-ring (bicyclic) bond motifs is 1. The maximum Gasteiger partial charge on any atom is 0.246 e. The third-order valence-corrected chi connectivity index (χ3v) is 8.24. The van der Waals surface area contributed by atoms with Crippen LogP contribution in [0.15, 0.2) is 30.3 Å². The molecule has 3 unspecified atom stereocenters. The Morgan fingerprint density at radius 2 is 1.89 bits per heavy atom. The molecular formula is C26H36BrN3O5. The molecule has 9 heteroatoms. The second-order valence-corrected chi connectivity index (χ2v) is 12.5. The highest BCUT2D eigenvalue weighted by molar-refractivity contribution is 9.09. The van der Waals surface area contributed by atoms with Crippen LogP contribution in [-0.4, -0.2) is 68.5 Å².